The van der Waals surface area contributed by atoms with E-state index in [0.717, 1.165) is 16.3 Å². The van der Waals surface area contributed by atoms with Crippen LogP contribution < -0.4 is 5.32 Å². The maximum absolute atomic E-state index is 11.5. The van der Waals surface area contributed by atoms with Crippen molar-refractivity contribution in [1.29, 1.82) is 0 Å². The molecule has 0 spiro atoms. The van der Waals surface area contributed by atoms with Crippen molar-refractivity contribution >= 4 is 35.5 Å². The van der Waals surface area contributed by atoms with Gasteiger partial charge in [-0.3, -0.25) is 25.0 Å². The average Bonchev–Trinajstić information content (AvgIpc) is 2.34. The van der Waals surface area contributed by atoms with Crippen LogP contribution in [0.2, 0.25) is 0 Å². The largest absolute Gasteiger partial charge is 0.341 e. The maximum atomic E-state index is 11.5. The summed E-state index contributed by atoms with van der Waals surface area (Å²) < 4.78 is 0.808. The summed E-state index contributed by atoms with van der Waals surface area (Å²) >= 11 is 0.800. The Morgan fingerprint density at radius 2 is 1.84 bits per heavy atom. The first-order valence-corrected chi connectivity index (χ1v) is 5.84. The lowest BCUT2D eigenvalue weighted by Gasteiger charge is -2.22. The van der Waals surface area contributed by atoms with Crippen LogP contribution in [0, 0.1) is 10.1 Å². The molecule has 1 N–H and O–H groups in total. The van der Waals surface area contributed by atoms with E-state index in [-0.39, 0.29) is 5.69 Å². The number of carbonyl (C=O) groups is 3. The number of barbiturate groups is 1. The third kappa shape index (κ3) is 2.88. The molecule has 0 radical (unpaired) electrons. The van der Waals surface area contributed by atoms with Gasteiger partial charge in [0.2, 0.25) is 5.91 Å². The molecular formula is C10H7N3O5S. The SMILES string of the molecule is O=C1CC(=O)N(Sc2ccc([N+](=O)[O-])cc2)C(=O)N1. The molecule has 9 heteroatoms. The Bertz CT molecular complexity index is 551. The summed E-state index contributed by atoms with van der Waals surface area (Å²) in [5.74, 6) is -1.27. The molecule has 1 fully saturated rings. The Morgan fingerprint density at radius 3 is 2.37 bits per heavy atom. The molecular weight excluding hydrogens is 274 g/mol. The first kappa shape index (κ1) is 13.0. The molecule has 1 aromatic carbocycles. The number of carbonyl (C=O) groups excluding carboxylic acids is 3. The zero-order chi connectivity index (χ0) is 14.0. The molecule has 0 saturated carbocycles. The highest BCUT2D eigenvalue weighted by molar-refractivity contribution is 7.98. The van der Waals surface area contributed by atoms with E-state index in [4.69, 9.17) is 0 Å². The molecule has 1 aliphatic heterocycles. The Balaban J connectivity index is 2.12. The smallest absolute Gasteiger partial charge is 0.276 e. The Hall–Kier alpha value is -2.42. The Kier molecular flexibility index (Phi) is 3.47. The van der Waals surface area contributed by atoms with Gasteiger partial charge in [-0.2, -0.15) is 4.31 Å². The lowest BCUT2D eigenvalue weighted by atomic mass is 10.3. The highest BCUT2D eigenvalue weighted by atomic mass is 32.2. The fourth-order valence-corrected chi connectivity index (χ4v) is 2.13. The van der Waals surface area contributed by atoms with Crippen LogP contribution in [0.4, 0.5) is 10.5 Å². The van der Waals surface area contributed by atoms with E-state index >= 15 is 0 Å². The first-order chi connectivity index (χ1) is 8.97. The van der Waals surface area contributed by atoms with Gasteiger partial charge in [-0.1, -0.05) is 0 Å². The summed E-state index contributed by atoms with van der Waals surface area (Å²) in [6.07, 6.45) is -0.397. The topological polar surface area (TPSA) is 110 Å². The van der Waals surface area contributed by atoms with Gasteiger partial charge in [0, 0.05) is 17.0 Å². The molecule has 0 aliphatic carbocycles. The van der Waals surface area contributed by atoms with Gasteiger partial charge in [-0.15, -0.1) is 0 Å². The predicted molar refractivity (Wildman–Crippen MR) is 64.0 cm³/mol. The van der Waals surface area contributed by atoms with Crippen LogP contribution in [-0.2, 0) is 9.59 Å². The van der Waals surface area contributed by atoms with Gasteiger partial charge >= 0.3 is 6.03 Å². The number of nitrogens with zero attached hydrogens (tertiary/aromatic N) is 2. The monoisotopic (exact) mass is 281 g/mol. The van der Waals surface area contributed by atoms with Crippen molar-refractivity contribution in [2.45, 2.75) is 11.3 Å². The number of hydrogen-bond donors (Lipinski definition) is 1. The number of amides is 4. The molecule has 1 aromatic rings. The molecule has 0 bridgehead atoms. The third-order valence-electron chi connectivity index (χ3n) is 2.21. The van der Waals surface area contributed by atoms with E-state index < -0.39 is 29.2 Å². The maximum Gasteiger partial charge on any atom is 0.341 e. The van der Waals surface area contributed by atoms with E-state index in [1.54, 1.807) is 0 Å². The molecule has 1 aliphatic rings. The van der Waals surface area contributed by atoms with Gasteiger partial charge in [0.05, 0.1) is 4.92 Å². The van der Waals surface area contributed by atoms with E-state index in [9.17, 15) is 24.5 Å². The second-order valence-corrected chi connectivity index (χ2v) is 4.58. The number of benzene rings is 1. The average molecular weight is 281 g/mol. The summed E-state index contributed by atoms with van der Waals surface area (Å²) in [4.78, 5) is 44.3. The van der Waals surface area contributed by atoms with Crippen LogP contribution in [0.25, 0.3) is 0 Å². The molecule has 4 amide bonds. The standard InChI is InChI=1S/C10H7N3O5S/c14-8-5-9(15)12(10(16)11-8)19-7-3-1-6(2-4-7)13(17)18/h1-4H,5H2,(H,11,14,16). The molecule has 1 heterocycles. The second kappa shape index (κ2) is 5.06. The summed E-state index contributed by atoms with van der Waals surface area (Å²) in [6.45, 7) is 0. The molecule has 98 valence electrons. The number of hydrogen-bond acceptors (Lipinski definition) is 6. The minimum atomic E-state index is -0.815. The van der Waals surface area contributed by atoms with Crippen molar-refractivity contribution < 1.29 is 19.3 Å². The molecule has 8 nitrogen and oxygen atoms in total. The van der Waals surface area contributed by atoms with Gasteiger partial charge in [0.15, 0.2) is 0 Å². The Labute approximate surface area is 111 Å². The van der Waals surface area contributed by atoms with Gasteiger partial charge in [0.25, 0.3) is 11.6 Å². The Morgan fingerprint density at radius 1 is 1.21 bits per heavy atom. The number of non-ortho nitro benzene ring substituents is 1. The van der Waals surface area contributed by atoms with Gasteiger partial charge in [0.1, 0.15) is 6.42 Å². The number of urea groups is 1. The second-order valence-electron chi connectivity index (χ2n) is 3.56. The highest BCUT2D eigenvalue weighted by Gasteiger charge is 2.31. The number of nitro benzene ring substituents is 1. The summed E-state index contributed by atoms with van der Waals surface area (Å²) in [5, 5.41) is 12.5. The van der Waals surface area contributed by atoms with Crippen molar-refractivity contribution in [1.82, 2.24) is 9.62 Å². The lowest BCUT2D eigenvalue weighted by molar-refractivity contribution is -0.384. The minimum absolute atomic E-state index is 0.0889. The number of nitrogens with one attached hydrogen (secondary N) is 1. The summed E-state index contributed by atoms with van der Waals surface area (Å²) in [6, 6.07) is 4.55. The molecule has 19 heavy (non-hydrogen) atoms. The van der Waals surface area contributed by atoms with Crippen LogP contribution >= 0.6 is 11.9 Å². The van der Waals surface area contributed by atoms with Crippen LogP contribution in [0.1, 0.15) is 6.42 Å². The normalized spacial score (nSPS) is 15.4. The van der Waals surface area contributed by atoms with Crippen molar-refractivity contribution in [3.05, 3.63) is 34.4 Å². The zero-order valence-corrected chi connectivity index (χ0v) is 10.2. The van der Waals surface area contributed by atoms with Crippen molar-refractivity contribution in [3.63, 3.8) is 0 Å². The molecule has 0 unspecified atom stereocenters. The van der Waals surface area contributed by atoms with E-state index in [1.807, 2.05) is 5.32 Å². The van der Waals surface area contributed by atoms with Crippen LogP contribution in [0.3, 0.4) is 0 Å². The predicted octanol–water partition coefficient (Wildman–Crippen LogP) is 1.07. The molecule has 1 saturated heterocycles. The van der Waals surface area contributed by atoms with Crippen LogP contribution in [0.5, 0.6) is 0 Å². The molecule has 2 rings (SSSR count). The molecule has 0 atom stereocenters. The molecule has 0 aromatic heterocycles. The van der Waals surface area contributed by atoms with E-state index in [0.29, 0.717) is 4.90 Å². The summed E-state index contributed by atoms with van der Waals surface area (Å²) in [5.41, 5.74) is -0.0889. The number of rotatable bonds is 3. The van der Waals surface area contributed by atoms with E-state index in [2.05, 4.69) is 0 Å². The minimum Gasteiger partial charge on any atom is -0.276 e. The first-order valence-electron chi connectivity index (χ1n) is 5.06. The number of imide groups is 2. The van der Waals surface area contributed by atoms with Crippen LogP contribution in [-0.4, -0.2) is 27.1 Å². The quantitative estimate of drug-likeness (QED) is 0.384. The van der Waals surface area contributed by atoms with E-state index in [1.165, 1.54) is 24.3 Å². The van der Waals surface area contributed by atoms with Crippen molar-refractivity contribution in [3.8, 4) is 0 Å². The van der Waals surface area contributed by atoms with Crippen molar-refractivity contribution in [2.24, 2.45) is 0 Å². The van der Waals surface area contributed by atoms with Crippen molar-refractivity contribution in [2.75, 3.05) is 0 Å². The van der Waals surface area contributed by atoms with Gasteiger partial charge in [-0.05, 0) is 24.1 Å². The van der Waals surface area contributed by atoms with Crippen LogP contribution in [0.15, 0.2) is 29.2 Å². The third-order valence-corrected chi connectivity index (χ3v) is 3.25. The lowest BCUT2D eigenvalue weighted by Crippen LogP contribution is -2.49. The summed E-state index contributed by atoms with van der Waals surface area (Å²) in [7, 11) is 0. The van der Waals surface area contributed by atoms with Gasteiger partial charge in [-0.25, -0.2) is 4.79 Å². The number of nitro groups is 1. The highest BCUT2D eigenvalue weighted by Crippen LogP contribution is 2.26. The zero-order valence-electron chi connectivity index (χ0n) is 9.36. The van der Waals surface area contributed by atoms with Gasteiger partial charge < -0.3 is 0 Å². The fraction of sp³-hybridized carbons (Fsp3) is 0.100. The fourth-order valence-electron chi connectivity index (χ4n) is 1.36.